The van der Waals surface area contributed by atoms with E-state index in [2.05, 4.69) is 4.74 Å². The molecule has 0 saturated heterocycles. The molecule has 0 bridgehead atoms. The molecule has 2 aromatic carbocycles. The third-order valence-electron chi connectivity index (χ3n) is 4.32. The number of fused-ring (bicyclic) bond motifs is 1. The predicted molar refractivity (Wildman–Crippen MR) is 98.0 cm³/mol. The standard InChI is InChI=1S/C19H19NO6S/c1-13-10-14-6-3-4-9-17(14)20(13)27(23,24)16-8-5-7-15(11-16)19(22)26-12-18(21)25-2/h3-9,11,13H,10,12H2,1-2H3. The molecule has 0 aliphatic carbocycles. The molecule has 1 unspecified atom stereocenters. The zero-order chi connectivity index (χ0) is 19.6. The van der Waals surface area contributed by atoms with Gasteiger partial charge in [-0.15, -0.1) is 0 Å². The lowest BCUT2D eigenvalue weighted by Gasteiger charge is -2.24. The quantitative estimate of drug-likeness (QED) is 0.728. The molecular weight excluding hydrogens is 370 g/mol. The highest BCUT2D eigenvalue weighted by Crippen LogP contribution is 2.36. The molecule has 0 radical (unpaired) electrons. The van der Waals surface area contributed by atoms with Crippen LogP contribution in [0.5, 0.6) is 0 Å². The first-order chi connectivity index (χ1) is 12.8. The summed E-state index contributed by atoms with van der Waals surface area (Å²) in [5.41, 5.74) is 1.64. The largest absolute Gasteiger partial charge is 0.466 e. The van der Waals surface area contributed by atoms with Crippen molar-refractivity contribution in [3.63, 3.8) is 0 Å². The number of anilines is 1. The second kappa shape index (κ2) is 7.40. The van der Waals surface area contributed by atoms with Crippen molar-refractivity contribution in [2.75, 3.05) is 18.0 Å². The maximum absolute atomic E-state index is 13.2. The van der Waals surface area contributed by atoms with Gasteiger partial charge in [-0.05, 0) is 43.2 Å². The molecule has 27 heavy (non-hydrogen) atoms. The Kier molecular flexibility index (Phi) is 5.18. The van der Waals surface area contributed by atoms with Gasteiger partial charge in [-0.25, -0.2) is 18.0 Å². The van der Waals surface area contributed by atoms with E-state index >= 15 is 0 Å². The Bertz CT molecular complexity index is 985. The molecule has 7 nitrogen and oxygen atoms in total. The Labute approximate surface area is 157 Å². The summed E-state index contributed by atoms with van der Waals surface area (Å²) < 4.78 is 37.0. The fraction of sp³-hybridized carbons (Fsp3) is 0.263. The van der Waals surface area contributed by atoms with Crippen LogP contribution in [0.1, 0.15) is 22.8 Å². The lowest BCUT2D eigenvalue weighted by molar-refractivity contribution is -0.144. The maximum atomic E-state index is 13.2. The Morgan fingerprint density at radius 2 is 1.89 bits per heavy atom. The van der Waals surface area contributed by atoms with Crippen LogP contribution in [0.3, 0.4) is 0 Å². The highest BCUT2D eigenvalue weighted by atomic mass is 32.2. The SMILES string of the molecule is COC(=O)COC(=O)c1cccc(S(=O)(=O)N2c3ccccc3CC2C)c1. The summed E-state index contributed by atoms with van der Waals surface area (Å²) in [6.07, 6.45) is 0.621. The zero-order valence-corrected chi connectivity index (χ0v) is 15.7. The van der Waals surface area contributed by atoms with Crippen LogP contribution in [-0.2, 0) is 30.7 Å². The lowest BCUT2D eigenvalue weighted by Crippen LogP contribution is -2.35. The number of methoxy groups -OCH3 is 1. The van der Waals surface area contributed by atoms with Gasteiger partial charge in [0, 0.05) is 6.04 Å². The molecule has 0 aromatic heterocycles. The second-order valence-electron chi connectivity index (χ2n) is 6.16. The molecule has 0 N–H and O–H groups in total. The number of hydrogen-bond donors (Lipinski definition) is 0. The first-order valence-corrected chi connectivity index (χ1v) is 9.75. The van der Waals surface area contributed by atoms with E-state index < -0.39 is 28.6 Å². The monoisotopic (exact) mass is 389 g/mol. The minimum atomic E-state index is -3.86. The Balaban J connectivity index is 1.90. The summed E-state index contributed by atoms with van der Waals surface area (Å²) in [7, 11) is -2.68. The Morgan fingerprint density at radius 3 is 2.63 bits per heavy atom. The number of carbonyl (C=O) groups excluding carboxylic acids is 2. The van der Waals surface area contributed by atoms with Crippen LogP contribution in [0.25, 0.3) is 0 Å². The van der Waals surface area contributed by atoms with Crippen LogP contribution in [-0.4, -0.2) is 40.1 Å². The summed E-state index contributed by atoms with van der Waals surface area (Å²) in [4.78, 5) is 23.2. The van der Waals surface area contributed by atoms with E-state index in [1.165, 1.54) is 35.7 Å². The summed E-state index contributed by atoms with van der Waals surface area (Å²) in [6.45, 7) is 1.30. The highest BCUT2D eigenvalue weighted by Gasteiger charge is 2.36. The molecule has 142 valence electrons. The molecule has 0 fully saturated rings. The van der Waals surface area contributed by atoms with Gasteiger partial charge >= 0.3 is 11.9 Å². The van der Waals surface area contributed by atoms with Gasteiger partial charge in [0.2, 0.25) is 0 Å². The highest BCUT2D eigenvalue weighted by molar-refractivity contribution is 7.92. The average molecular weight is 389 g/mol. The Morgan fingerprint density at radius 1 is 1.15 bits per heavy atom. The number of esters is 2. The van der Waals surface area contributed by atoms with E-state index in [1.54, 1.807) is 12.1 Å². The fourth-order valence-electron chi connectivity index (χ4n) is 3.07. The molecule has 1 heterocycles. The van der Waals surface area contributed by atoms with Crippen LogP contribution >= 0.6 is 0 Å². The first-order valence-electron chi connectivity index (χ1n) is 8.31. The van der Waals surface area contributed by atoms with Crippen LogP contribution < -0.4 is 4.31 Å². The van der Waals surface area contributed by atoms with Crippen LogP contribution in [0.4, 0.5) is 5.69 Å². The summed E-state index contributed by atoms with van der Waals surface area (Å²) in [6, 6.07) is 12.7. The summed E-state index contributed by atoms with van der Waals surface area (Å²) in [5, 5.41) is 0. The number of para-hydroxylation sites is 1. The molecular formula is C19H19NO6S. The van der Waals surface area contributed by atoms with Gasteiger partial charge in [-0.1, -0.05) is 24.3 Å². The topological polar surface area (TPSA) is 90.0 Å². The normalized spacial score (nSPS) is 15.9. The third kappa shape index (κ3) is 3.66. The summed E-state index contributed by atoms with van der Waals surface area (Å²) in [5.74, 6) is -1.50. The number of hydrogen-bond acceptors (Lipinski definition) is 6. The van der Waals surface area contributed by atoms with E-state index in [-0.39, 0.29) is 16.5 Å². The molecule has 0 spiro atoms. The Hall–Kier alpha value is -2.87. The van der Waals surface area contributed by atoms with Crippen molar-refractivity contribution in [2.24, 2.45) is 0 Å². The van der Waals surface area contributed by atoms with Gasteiger partial charge in [-0.3, -0.25) is 4.31 Å². The molecule has 8 heteroatoms. The zero-order valence-electron chi connectivity index (χ0n) is 14.9. The van der Waals surface area contributed by atoms with E-state index in [0.717, 1.165) is 5.56 Å². The number of ether oxygens (including phenoxy) is 2. The maximum Gasteiger partial charge on any atom is 0.344 e. The number of sulfonamides is 1. The van der Waals surface area contributed by atoms with Crippen LogP contribution in [0, 0.1) is 0 Å². The molecule has 1 atom stereocenters. The second-order valence-corrected chi connectivity index (χ2v) is 7.98. The van der Waals surface area contributed by atoms with E-state index in [0.29, 0.717) is 12.1 Å². The fourth-order valence-corrected chi connectivity index (χ4v) is 4.81. The first kappa shape index (κ1) is 18.9. The predicted octanol–water partition coefficient (Wildman–Crippen LogP) is 2.16. The van der Waals surface area contributed by atoms with Gasteiger partial charge in [0.1, 0.15) is 0 Å². The minimum absolute atomic E-state index is 0.0152. The van der Waals surface area contributed by atoms with Gasteiger partial charge < -0.3 is 9.47 Å². The molecule has 0 saturated carbocycles. The van der Waals surface area contributed by atoms with Crippen molar-refractivity contribution in [2.45, 2.75) is 24.3 Å². The van der Waals surface area contributed by atoms with Crippen molar-refractivity contribution in [3.8, 4) is 0 Å². The van der Waals surface area contributed by atoms with Gasteiger partial charge in [0.05, 0.1) is 23.3 Å². The molecule has 1 aliphatic heterocycles. The van der Waals surface area contributed by atoms with Crippen LogP contribution in [0.2, 0.25) is 0 Å². The van der Waals surface area contributed by atoms with Crippen molar-refractivity contribution >= 4 is 27.6 Å². The summed E-state index contributed by atoms with van der Waals surface area (Å²) >= 11 is 0. The van der Waals surface area contributed by atoms with E-state index in [4.69, 9.17) is 4.74 Å². The van der Waals surface area contributed by atoms with Crippen molar-refractivity contribution in [1.82, 2.24) is 0 Å². The van der Waals surface area contributed by atoms with Crippen molar-refractivity contribution < 1.29 is 27.5 Å². The molecule has 0 amide bonds. The van der Waals surface area contributed by atoms with Gasteiger partial charge in [-0.2, -0.15) is 0 Å². The average Bonchev–Trinajstić information content (AvgIpc) is 3.02. The van der Waals surface area contributed by atoms with Crippen molar-refractivity contribution in [3.05, 3.63) is 59.7 Å². The number of nitrogens with zero attached hydrogens (tertiary/aromatic N) is 1. The van der Waals surface area contributed by atoms with E-state index in [9.17, 15) is 18.0 Å². The number of carbonyl (C=O) groups is 2. The van der Waals surface area contributed by atoms with Gasteiger partial charge in [0.15, 0.2) is 6.61 Å². The molecule has 1 aliphatic rings. The van der Waals surface area contributed by atoms with Crippen molar-refractivity contribution in [1.29, 1.82) is 0 Å². The molecule has 2 aromatic rings. The smallest absolute Gasteiger partial charge is 0.344 e. The molecule has 3 rings (SSSR count). The lowest BCUT2D eigenvalue weighted by atomic mass is 10.1. The van der Waals surface area contributed by atoms with Gasteiger partial charge in [0.25, 0.3) is 10.0 Å². The minimum Gasteiger partial charge on any atom is -0.466 e. The van der Waals surface area contributed by atoms with E-state index in [1.807, 2.05) is 19.1 Å². The van der Waals surface area contributed by atoms with Crippen LogP contribution in [0.15, 0.2) is 53.4 Å². The number of rotatable bonds is 5. The third-order valence-corrected chi connectivity index (χ3v) is 6.24. The number of benzene rings is 2.